The van der Waals surface area contributed by atoms with Crippen molar-refractivity contribution < 1.29 is 39.7 Å². The Morgan fingerprint density at radius 2 is 1.96 bits per heavy atom. The van der Waals surface area contributed by atoms with Crippen LogP contribution in [0.3, 0.4) is 0 Å². The summed E-state index contributed by atoms with van der Waals surface area (Å²) < 4.78 is 25.4. The molecule has 24 heavy (non-hydrogen) atoms. The number of Topliss-reactive ketones (excluding diaryl/α,β-unsaturated/α-hetero) is 1. The van der Waals surface area contributed by atoms with E-state index in [-0.39, 0.29) is 52.5 Å². The van der Waals surface area contributed by atoms with Gasteiger partial charge in [0.15, 0.2) is 15.6 Å². The van der Waals surface area contributed by atoms with E-state index in [9.17, 15) is 23.3 Å². The topological polar surface area (TPSA) is 116 Å². The van der Waals surface area contributed by atoms with Crippen molar-refractivity contribution in [1.82, 2.24) is 9.78 Å². The number of benzene rings is 1. The fourth-order valence-electron chi connectivity index (χ4n) is 2.32. The molecule has 1 aromatic heterocycles. The molecule has 1 aliphatic rings. The van der Waals surface area contributed by atoms with Crippen molar-refractivity contribution in [2.24, 2.45) is 0 Å². The smallest absolute Gasteiger partial charge is 0.269 e. The van der Waals surface area contributed by atoms with Crippen molar-refractivity contribution in [1.29, 1.82) is 0 Å². The minimum absolute atomic E-state index is 0. The summed E-state index contributed by atoms with van der Waals surface area (Å²) >= 11 is 0. The summed E-state index contributed by atoms with van der Waals surface area (Å²) in [5.41, 5.74) is 0.287. The number of rotatable bonds is 5. The van der Waals surface area contributed by atoms with Crippen LogP contribution in [0.25, 0.3) is 0 Å². The van der Waals surface area contributed by atoms with Crippen LogP contribution in [0.2, 0.25) is 0 Å². The van der Waals surface area contributed by atoms with Crippen molar-refractivity contribution in [3.8, 4) is 0 Å². The maximum atomic E-state index is 12.1. The summed E-state index contributed by atoms with van der Waals surface area (Å²) in [6.45, 7) is 0.0251. The summed E-state index contributed by atoms with van der Waals surface area (Å²) in [5, 5.41) is 14.6. The monoisotopic (exact) mass is 416 g/mol. The highest BCUT2D eigenvalue weighted by molar-refractivity contribution is 7.92. The first-order valence-electron chi connectivity index (χ1n) is 6.75. The van der Waals surface area contributed by atoms with Crippen LogP contribution in [-0.4, -0.2) is 40.4 Å². The van der Waals surface area contributed by atoms with Crippen molar-refractivity contribution >= 4 is 21.3 Å². The SMILES string of the molecule is O=C(C[n+]1cnn(C2CS(=O)(=O)C2)c1)c1ccc([N+](=O)[O-])cc1.[Br-]. The van der Waals surface area contributed by atoms with Crippen LogP contribution in [0, 0.1) is 10.1 Å². The molecule has 9 nitrogen and oxygen atoms in total. The molecule has 0 amide bonds. The van der Waals surface area contributed by atoms with E-state index in [1.54, 1.807) is 10.9 Å². The Morgan fingerprint density at radius 3 is 2.50 bits per heavy atom. The minimum Gasteiger partial charge on any atom is -1.00 e. The third-order valence-electron chi connectivity index (χ3n) is 3.59. The number of aromatic nitrogens is 3. The second-order valence-corrected chi connectivity index (χ2v) is 7.51. The first kappa shape index (κ1) is 18.2. The quantitative estimate of drug-likeness (QED) is 0.221. The maximum Gasteiger partial charge on any atom is 0.269 e. The van der Waals surface area contributed by atoms with Crippen molar-refractivity contribution in [2.75, 3.05) is 11.5 Å². The lowest BCUT2D eigenvalue weighted by Crippen LogP contribution is -3.00. The number of non-ortho nitro benzene ring substituents is 1. The molecular weight excluding hydrogens is 404 g/mol. The van der Waals surface area contributed by atoms with E-state index in [0.717, 1.165) is 0 Å². The van der Waals surface area contributed by atoms with Gasteiger partial charge in [-0.2, -0.15) is 0 Å². The Morgan fingerprint density at radius 1 is 1.33 bits per heavy atom. The number of nitro groups is 1. The standard InChI is InChI=1S/C13H13N4O5S.BrH/c18-13(10-1-3-11(4-2-10)17(19)20)5-15-8-14-16(9-15)12-6-23(21,22)7-12;/h1-4,8-9,12H,5-7H2;1H/q+1;/p-1. The number of carbonyl (C=O) groups excluding carboxylic acids is 1. The van der Waals surface area contributed by atoms with E-state index in [4.69, 9.17) is 0 Å². The van der Waals surface area contributed by atoms with Gasteiger partial charge in [0.2, 0.25) is 6.33 Å². The molecule has 0 aliphatic carbocycles. The second kappa shape index (κ2) is 6.77. The van der Waals surface area contributed by atoms with Gasteiger partial charge in [0.1, 0.15) is 12.6 Å². The maximum absolute atomic E-state index is 12.1. The molecule has 2 heterocycles. The number of hydrogen-bond donors (Lipinski definition) is 0. The molecule has 3 rings (SSSR count). The van der Waals surface area contributed by atoms with E-state index in [2.05, 4.69) is 5.10 Å². The van der Waals surface area contributed by atoms with Gasteiger partial charge in [-0.25, -0.2) is 13.0 Å². The van der Waals surface area contributed by atoms with Crippen LogP contribution in [0.4, 0.5) is 5.69 Å². The molecule has 128 valence electrons. The lowest BCUT2D eigenvalue weighted by Gasteiger charge is -2.20. The molecule has 1 aliphatic heterocycles. The van der Waals surface area contributed by atoms with Crippen molar-refractivity contribution in [3.05, 3.63) is 52.6 Å². The summed E-state index contributed by atoms with van der Waals surface area (Å²) in [5.74, 6) is -0.0960. The van der Waals surface area contributed by atoms with Gasteiger partial charge in [-0.05, 0) is 12.1 Å². The Hall–Kier alpha value is -2.14. The average molecular weight is 417 g/mol. The molecule has 1 fully saturated rings. The van der Waals surface area contributed by atoms with Gasteiger partial charge >= 0.3 is 0 Å². The van der Waals surface area contributed by atoms with Crippen molar-refractivity contribution in [3.63, 3.8) is 0 Å². The highest BCUT2D eigenvalue weighted by atomic mass is 79.9. The molecule has 1 aromatic carbocycles. The number of carbonyl (C=O) groups is 1. The van der Waals surface area contributed by atoms with Gasteiger partial charge in [0.25, 0.3) is 12.0 Å². The zero-order valence-electron chi connectivity index (χ0n) is 12.3. The first-order chi connectivity index (χ1) is 10.8. The lowest BCUT2D eigenvalue weighted by molar-refractivity contribution is -0.684. The molecule has 0 N–H and O–H groups in total. The van der Waals surface area contributed by atoms with Gasteiger partial charge in [-0.3, -0.25) is 14.9 Å². The van der Waals surface area contributed by atoms with Gasteiger partial charge in [-0.1, -0.05) is 0 Å². The summed E-state index contributed by atoms with van der Waals surface area (Å²) in [6.07, 6.45) is 3.04. The van der Waals surface area contributed by atoms with E-state index >= 15 is 0 Å². The Balaban J connectivity index is 0.00000208. The largest absolute Gasteiger partial charge is 1.00 e. The van der Waals surface area contributed by atoms with Gasteiger partial charge in [-0.15, -0.1) is 4.68 Å². The molecule has 0 radical (unpaired) electrons. The fourth-order valence-corrected chi connectivity index (χ4v) is 3.70. The van der Waals surface area contributed by atoms with Gasteiger partial charge in [0.05, 0.1) is 16.4 Å². The number of nitro benzene ring substituents is 1. The minimum atomic E-state index is -2.94. The zero-order chi connectivity index (χ0) is 16.6. The predicted molar refractivity (Wildman–Crippen MR) is 77.5 cm³/mol. The number of halogens is 1. The van der Waals surface area contributed by atoms with Crippen LogP contribution in [0.1, 0.15) is 16.4 Å². The average Bonchev–Trinajstić information content (AvgIpc) is 2.93. The third-order valence-corrected chi connectivity index (χ3v) is 5.38. The van der Waals surface area contributed by atoms with Crippen LogP contribution in [-0.2, 0) is 16.4 Å². The molecule has 11 heteroatoms. The molecule has 1 saturated heterocycles. The Bertz CT molecular complexity index is 866. The Kier molecular flexibility index (Phi) is 5.13. The summed E-state index contributed by atoms with van der Waals surface area (Å²) in [6, 6.07) is 5.19. The molecule has 0 bridgehead atoms. The second-order valence-electron chi connectivity index (χ2n) is 5.36. The number of hydrogen-bond acceptors (Lipinski definition) is 6. The Labute approximate surface area is 147 Å². The summed E-state index contributed by atoms with van der Waals surface area (Å²) in [4.78, 5) is 22.2. The van der Waals surface area contributed by atoms with E-state index in [1.165, 1.54) is 35.3 Å². The van der Waals surface area contributed by atoms with Crippen LogP contribution < -0.4 is 21.5 Å². The predicted octanol–water partition coefficient (Wildman–Crippen LogP) is -3.06. The highest BCUT2D eigenvalue weighted by Crippen LogP contribution is 2.21. The fraction of sp³-hybridized carbons (Fsp3) is 0.308. The first-order valence-corrected chi connectivity index (χ1v) is 8.57. The van der Waals surface area contributed by atoms with Crippen molar-refractivity contribution in [2.45, 2.75) is 12.6 Å². The van der Waals surface area contributed by atoms with E-state index < -0.39 is 14.8 Å². The number of ketones is 1. The number of nitrogens with zero attached hydrogens (tertiary/aromatic N) is 4. The molecule has 0 saturated carbocycles. The molecule has 0 atom stereocenters. The van der Waals surface area contributed by atoms with Gasteiger partial charge in [0, 0.05) is 22.8 Å². The molecule has 2 aromatic rings. The molecule has 0 unspecified atom stereocenters. The summed E-state index contributed by atoms with van der Waals surface area (Å²) in [7, 11) is -2.94. The van der Waals surface area contributed by atoms with E-state index in [1.807, 2.05) is 0 Å². The van der Waals surface area contributed by atoms with Crippen LogP contribution in [0.5, 0.6) is 0 Å². The lowest BCUT2D eigenvalue weighted by atomic mass is 10.1. The highest BCUT2D eigenvalue weighted by Gasteiger charge is 2.39. The van der Waals surface area contributed by atoms with Crippen LogP contribution >= 0.6 is 0 Å². The zero-order valence-corrected chi connectivity index (χ0v) is 14.7. The molecule has 0 spiro atoms. The van der Waals surface area contributed by atoms with E-state index in [0.29, 0.717) is 5.56 Å². The van der Waals surface area contributed by atoms with Gasteiger partial charge < -0.3 is 17.0 Å². The molecular formula is C13H13BrN4O5S. The third kappa shape index (κ3) is 3.85. The van der Waals surface area contributed by atoms with Crippen LogP contribution in [0.15, 0.2) is 36.9 Å². The normalized spacial score (nSPS) is 16.0. The number of sulfone groups is 1.